The lowest BCUT2D eigenvalue weighted by atomic mass is 9.95. The van der Waals surface area contributed by atoms with Crippen molar-refractivity contribution in [2.45, 2.75) is 66.2 Å². The maximum atomic E-state index is 2.45. The lowest BCUT2D eigenvalue weighted by Crippen LogP contribution is -1.96. The average Bonchev–Trinajstić information content (AvgIpc) is 2.12. The summed E-state index contributed by atoms with van der Waals surface area (Å²) in [5.41, 5.74) is 1.58. The van der Waals surface area contributed by atoms with E-state index < -0.39 is 0 Å². The summed E-state index contributed by atoms with van der Waals surface area (Å²) in [4.78, 5) is 0. The van der Waals surface area contributed by atoms with Gasteiger partial charge in [0.1, 0.15) is 0 Å². The summed E-state index contributed by atoms with van der Waals surface area (Å²) in [5, 5.41) is 0. The molecule has 0 N–H and O–H groups in total. The third-order valence-corrected chi connectivity index (χ3v) is 2.72. The Kier molecular flexibility index (Phi) is 8.18. The Hall–Kier alpha value is -0.260. The highest BCUT2D eigenvalue weighted by Crippen LogP contribution is 2.17. The Morgan fingerprint density at radius 2 is 1.85 bits per heavy atom. The summed E-state index contributed by atoms with van der Waals surface area (Å²) in [7, 11) is 0. The molecule has 0 aromatic rings. The van der Waals surface area contributed by atoms with Gasteiger partial charge in [0.15, 0.2) is 0 Å². The standard InChI is InChI=1S/C13H26/c1-5-8-12(4)10-11-13(7-3)9-6-2/h10,13H,5-9,11H2,1-4H3. The van der Waals surface area contributed by atoms with Crippen molar-refractivity contribution in [2.24, 2.45) is 5.92 Å². The normalized spacial score (nSPS) is 14.6. The van der Waals surface area contributed by atoms with Crippen LogP contribution in [-0.4, -0.2) is 0 Å². The largest absolute Gasteiger partial charge is 0.0853 e. The van der Waals surface area contributed by atoms with Gasteiger partial charge >= 0.3 is 0 Å². The third kappa shape index (κ3) is 6.86. The molecule has 0 saturated heterocycles. The van der Waals surface area contributed by atoms with Crippen LogP contribution in [0.15, 0.2) is 11.6 Å². The second-order valence-electron chi connectivity index (χ2n) is 4.10. The Balaban J connectivity index is 3.74. The molecule has 0 nitrogen and oxygen atoms in total. The van der Waals surface area contributed by atoms with Crippen molar-refractivity contribution in [3.05, 3.63) is 11.6 Å². The van der Waals surface area contributed by atoms with E-state index in [2.05, 4.69) is 33.8 Å². The average molecular weight is 182 g/mol. The zero-order valence-corrected chi connectivity index (χ0v) is 9.90. The maximum absolute atomic E-state index is 2.45. The van der Waals surface area contributed by atoms with E-state index in [0.717, 1.165) is 5.92 Å². The topological polar surface area (TPSA) is 0 Å². The van der Waals surface area contributed by atoms with Gasteiger partial charge in [-0.1, -0.05) is 58.1 Å². The molecule has 13 heavy (non-hydrogen) atoms. The first kappa shape index (κ1) is 12.7. The molecular weight excluding hydrogens is 156 g/mol. The zero-order valence-electron chi connectivity index (χ0n) is 9.90. The first-order valence-corrected chi connectivity index (χ1v) is 5.90. The van der Waals surface area contributed by atoms with Crippen LogP contribution in [0.3, 0.4) is 0 Å². The van der Waals surface area contributed by atoms with E-state index in [1.165, 1.54) is 38.5 Å². The molecule has 0 aliphatic heterocycles. The van der Waals surface area contributed by atoms with Crippen molar-refractivity contribution < 1.29 is 0 Å². The van der Waals surface area contributed by atoms with E-state index in [1.807, 2.05) is 0 Å². The van der Waals surface area contributed by atoms with Gasteiger partial charge in [-0.3, -0.25) is 0 Å². The highest BCUT2D eigenvalue weighted by Gasteiger charge is 2.02. The minimum absolute atomic E-state index is 0.928. The van der Waals surface area contributed by atoms with E-state index >= 15 is 0 Å². The quantitative estimate of drug-likeness (QED) is 0.489. The van der Waals surface area contributed by atoms with Gasteiger partial charge in [-0.05, 0) is 25.7 Å². The van der Waals surface area contributed by atoms with Crippen LogP contribution in [0.4, 0.5) is 0 Å². The number of allylic oxidation sites excluding steroid dienone is 2. The fourth-order valence-corrected chi connectivity index (χ4v) is 1.76. The van der Waals surface area contributed by atoms with E-state index in [9.17, 15) is 0 Å². The lowest BCUT2D eigenvalue weighted by molar-refractivity contribution is 0.469. The SMILES string of the molecule is CCCC(C)=CCC(CC)CCC. The summed E-state index contributed by atoms with van der Waals surface area (Å²) in [6, 6.07) is 0. The Morgan fingerprint density at radius 1 is 1.15 bits per heavy atom. The van der Waals surface area contributed by atoms with E-state index in [0.29, 0.717) is 0 Å². The van der Waals surface area contributed by atoms with Crippen LogP contribution in [0.2, 0.25) is 0 Å². The first-order valence-electron chi connectivity index (χ1n) is 5.90. The lowest BCUT2D eigenvalue weighted by Gasteiger charge is -2.11. The Morgan fingerprint density at radius 3 is 2.31 bits per heavy atom. The smallest absolute Gasteiger partial charge is 0.0320 e. The molecule has 0 radical (unpaired) electrons. The summed E-state index contributed by atoms with van der Waals surface area (Å²) >= 11 is 0. The Bertz CT molecular complexity index is 133. The van der Waals surface area contributed by atoms with Crippen LogP contribution in [-0.2, 0) is 0 Å². The van der Waals surface area contributed by atoms with Crippen LogP contribution in [0.5, 0.6) is 0 Å². The minimum atomic E-state index is 0.928. The van der Waals surface area contributed by atoms with Crippen LogP contribution in [0.25, 0.3) is 0 Å². The van der Waals surface area contributed by atoms with Gasteiger partial charge in [0.2, 0.25) is 0 Å². The van der Waals surface area contributed by atoms with Crippen LogP contribution in [0.1, 0.15) is 66.2 Å². The van der Waals surface area contributed by atoms with Gasteiger partial charge in [-0.15, -0.1) is 0 Å². The van der Waals surface area contributed by atoms with Crippen molar-refractivity contribution in [1.82, 2.24) is 0 Å². The molecule has 0 aliphatic carbocycles. The molecule has 0 saturated carbocycles. The molecule has 78 valence electrons. The van der Waals surface area contributed by atoms with Crippen LogP contribution < -0.4 is 0 Å². The molecule has 0 rings (SSSR count). The molecule has 0 bridgehead atoms. The molecule has 1 atom stereocenters. The maximum Gasteiger partial charge on any atom is -0.0320 e. The molecule has 0 heteroatoms. The van der Waals surface area contributed by atoms with Crippen LogP contribution in [0, 0.1) is 5.92 Å². The van der Waals surface area contributed by atoms with Gasteiger partial charge in [0.25, 0.3) is 0 Å². The van der Waals surface area contributed by atoms with Gasteiger partial charge in [-0.25, -0.2) is 0 Å². The van der Waals surface area contributed by atoms with Crippen molar-refractivity contribution >= 4 is 0 Å². The molecule has 0 heterocycles. The third-order valence-electron chi connectivity index (χ3n) is 2.72. The van der Waals surface area contributed by atoms with Gasteiger partial charge in [0, 0.05) is 0 Å². The second kappa shape index (κ2) is 8.34. The van der Waals surface area contributed by atoms with Crippen LogP contribution >= 0.6 is 0 Å². The molecule has 0 aromatic carbocycles. The molecular formula is C13H26. The van der Waals surface area contributed by atoms with Crippen molar-refractivity contribution in [3.8, 4) is 0 Å². The molecule has 0 aliphatic rings. The van der Waals surface area contributed by atoms with E-state index in [4.69, 9.17) is 0 Å². The fraction of sp³-hybridized carbons (Fsp3) is 0.846. The monoisotopic (exact) mass is 182 g/mol. The predicted octanol–water partition coefficient (Wildman–Crippen LogP) is 4.95. The van der Waals surface area contributed by atoms with Gasteiger partial charge in [0.05, 0.1) is 0 Å². The van der Waals surface area contributed by atoms with Crippen molar-refractivity contribution in [2.75, 3.05) is 0 Å². The summed E-state index contributed by atoms with van der Waals surface area (Å²) < 4.78 is 0. The number of rotatable bonds is 7. The number of hydrogen-bond donors (Lipinski definition) is 0. The molecule has 0 amide bonds. The molecule has 1 unspecified atom stereocenters. The minimum Gasteiger partial charge on any atom is -0.0853 e. The van der Waals surface area contributed by atoms with Crippen molar-refractivity contribution in [3.63, 3.8) is 0 Å². The van der Waals surface area contributed by atoms with Gasteiger partial charge in [-0.2, -0.15) is 0 Å². The molecule has 0 aromatic heterocycles. The summed E-state index contributed by atoms with van der Waals surface area (Å²) in [5.74, 6) is 0.928. The van der Waals surface area contributed by atoms with Crippen molar-refractivity contribution in [1.29, 1.82) is 0 Å². The molecule has 0 fully saturated rings. The van der Waals surface area contributed by atoms with E-state index in [1.54, 1.807) is 5.57 Å². The molecule has 0 spiro atoms. The Labute approximate surface area is 84.4 Å². The highest BCUT2D eigenvalue weighted by atomic mass is 14.1. The number of hydrogen-bond acceptors (Lipinski definition) is 0. The summed E-state index contributed by atoms with van der Waals surface area (Å²) in [6.45, 7) is 9.11. The van der Waals surface area contributed by atoms with Gasteiger partial charge < -0.3 is 0 Å². The summed E-state index contributed by atoms with van der Waals surface area (Å²) in [6.07, 6.45) is 10.4. The second-order valence-corrected chi connectivity index (χ2v) is 4.10. The van der Waals surface area contributed by atoms with E-state index in [-0.39, 0.29) is 0 Å². The highest BCUT2D eigenvalue weighted by molar-refractivity contribution is 4.98. The zero-order chi connectivity index (χ0) is 10.1. The predicted molar refractivity (Wildman–Crippen MR) is 62.0 cm³/mol. The fourth-order valence-electron chi connectivity index (χ4n) is 1.76. The first-order chi connectivity index (χ1) is 6.24.